The second-order valence-corrected chi connectivity index (χ2v) is 2.89. The maximum Gasteiger partial charge on any atom is 0.124 e. The molecule has 0 saturated carbocycles. The normalized spacial score (nSPS) is 30.1. The number of hydrogen-bond donors (Lipinski definition) is 0. The Morgan fingerprint density at radius 3 is 2.89 bits per heavy atom. The van der Waals surface area contributed by atoms with Crippen LogP contribution in [0.4, 0.5) is 0 Å². The summed E-state index contributed by atoms with van der Waals surface area (Å²) >= 11 is 5.66. The third kappa shape index (κ3) is 1.95. The first-order chi connectivity index (χ1) is 4.33. The summed E-state index contributed by atoms with van der Waals surface area (Å²) in [6, 6.07) is 0. The molecule has 0 bridgehead atoms. The summed E-state index contributed by atoms with van der Waals surface area (Å²) in [5, 5.41) is 0. The molecule has 1 saturated heterocycles. The molecule has 1 aliphatic heterocycles. The van der Waals surface area contributed by atoms with Crippen molar-refractivity contribution in [3.8, 4) is 0 Å². The van der Waals surface area contributed by atoms with Crippen molar-refractivity contribution in [2.45, 2.75) is 12.8 Å². The molecule has 0 N–H and O–H groups in total. The van der Waals surface area contributed by atoms with E-state index in [1.165, 1.54) is 0 Å². The van der Waals surface area contributed by atoms with E-state index in [2.05, 4.69) is 0 Å². The van der Waals surface area contributed by atoms with Gasteiger partial charge in [0.25, 0.3) is 0 Å². The molecule has 0 aliphatic carbocycles. The largest absolute Gasteiger partial charge is 0.303 e. The molecule has 3 heteroatoms. The van der Waals surface area contributed by atoms with Crippen LogP contribution in [0.15, 0.2) is 0 Å². The van der Waals surface area contributed by atoms with Gasteiger partial charge in [-0.25, -0.2) is 4.42 Å². The zero-order valence-electron chi connectivity index (χ0n) is 5.22. The summed E-state index contributed by atoms with van der Waals surface area (Å²) in [6.45, 7) is 1.65. The molecule has 0 radical (unpaired) electrons. The SMILES string of the molecule is O=CC1CCCN(Cl)C1. The van der Waals surface area contributed by atoms with Gasteiger partial charge in [0.15, 0.2) is 0 Å². The lowest BCUT2D eigenvalue weighted by Crippen LogP contribution is -2.28. The number of hydrogen-bond acceptors (Lipinski definition) is 2. The number of nitrogens with zero attached hydrogens (tertiary/aromatic N) is 1. The van der Waals surface area contributed by atoms with Crippen molar-refractivity contribution in [2.24, 2.45) is 5.92 Å². The first-order valence-corrected chi connectivity index (χ1v) is 3.53. The van der Waals surface area contributed by atoms with Gasteiger partial charge in [-0.1, -0.05) is 0 Å². The minimum absolute atomic E-state index is 0.177. The molecule has 1 unspecified atom stereocenters. The van der Waals surface area contributed by atoms with Crippen LogP contribution in [-0.2, 0) is 4.79 Å². The molecule has 0 aromatic rings. The number of rotatable bonds is 1. The highest BCUT2D eigenvalue weighted by molar-refractivity contribution is 6.13. The van der Waals surface area contributed by atoms with Crippen molar-refractivity contribution in [2.75, 3.05) is 13.1 Å². The summed E-state index contributed by atoms with van der Waals surface area (Å²) in [7, 11) is 0. The van der Waals surface area contributed by atoms with E-state index in [1.807, 2.05) is 0 Å². The van der Waals surface area contributed by atoms with Gasteiger partial charge in [0, 0.05) is 19.0 Å². The maximum atomic E-state index is 10.2. The molecule has 0 spiro atoms. The number of carbonyl (C=O) groups is 1. The lowest BCUT2D eigenvalue weighted by atomic mass is 10.0. The minimum atomic E-state index is 0.177. The Bertz CT molecular complexity index is 107. The van der Waals surface area contributed by atoms with E-state index in [9.17, 15) is 4.79 Å². The van der Waals surface area contributed by atoms with E-state index >= 15 is 0 Å². The summed E-state index contributed by atoms with van der Waals surface area (Å²) in [6.07, 6.45) is 3.05. The van der Waals surface area contributed by atoms with Crippen molar-refractivity contribution in [3.05, 3.63) is 0 Å². The second-order valence-electron chi connectivity index (χ2n) is 2.41. The molecule has 9 heavy (non-hydrogen) atoms. The molecule has 0 aromatic carbocycles. The predicted octanol–water partition coefficient (Wildman–Crippen LogP) is 1.05. The van der Waals surface area contributed by atoms with Crippen LogP contribution in [0, 0.1) is 5.92 Å². The molecule has 2 nitrogen and oxygen atoms in total. The Balaban J connectivity index is 2.31. The average Bonchev–Trinajstić information content (AvgIpc) is 1.88. The molecular formula is C6H10ClNO. The van der Waals surface area contributed by atoms with Crippen LogP contribution in [-0.4, -0.2) is 23.8 Å². The number of carbonyl (C=O) groups excluding carboxylic acids is 1. The Hall–Kier alpha value is -0.0800. The molecule has 1 rings (SSSR count). The van der Waals surface area contributed by atoms with E-state index < -0.39 is 0 Å². The second kappa shape index (κ2) is 3.18. The van der Waals surface area contributed by atoms with Crippen molar-refractivity contribution in [1.82, 2.24) is 4.42 Å². The molecule has 0 amide bonds. The first kappa shape index (κ1) is 7.03. The molecule has 1 fully saturated rings. The van der Waals surface area contributed by atoms with E-state index in [0.29, 0.717) is 0 Å². The fraction of sp³-hybridized carbons (Fsp3) is 0.833. The van der Waals surface area contributed by atoms with Crippen molar-refractivity contribution >= 4 is 18.1 Å². The summed E-state index contributed by atoms with van der Waals surface area (Å²) < 4.78 is 1.68. The Kier molecular flexibility index (Phi) is 2.49. The molecule has 1 heterocycles. The Labute approximate surface area is 59.9 Å². The smallest absolute Gasteiger partial charge is 0.124 e. The van der Waals surface area contributed by atoms with Gasteiger partial charge < -0.3 is 4.79 Å². The molecule has 0 aromatic heterocycles. The van der Waals surface area contributed by atoms with Crippen LogP contribution in [0.3, 0.4) is 0 Å². The Morgan fingerprint density at radius 1 is 1.67 bits per heavy atom. The number of piperidine rings is 1. The van der Waals surface area contributed by atoms with Gasteiger partial charge >= 0.3 is 0 Å². The van der Waals surface area contributed by atoms with Gasteiger partial charge in [-0.3, -0.25) is 0 Å². The van der Waals surface area contributed by atoms with Crippen molar-refractivity contribution < 1.29 is 4.79 Å². The zero-order chi connectivity index (χ0) is 6.69. The predicted molar refractivity (Wildman–Crippen MR) is 36.2 cm³/mol. The quantitative estimate of drug-likeness (QED) is 0.408. The summed E-state index contributed by atoms with van der Waals surface area (Å²) in [5.41, 5.74) is 0. The summed E-state index contributed by atoms with van der Waals surface area (Å²) in [4.78, 5) is 10.2. The van der Waals surface area contributed by atoms with Crippen LogP contribution in [0.1, 0.15) is 12.8 Å². The highest BCUT2D eigenvalue weighted by atomic mass is 35.5. The van der Waals surface area contributed by atoms with Gasteiger partial charge in [-0.2, -0.15) is 0 Å². The Morgan fingerprint density at radius 2 is 2.44 bits per heavy atom. The van der Waals surface area contributed by atoms with Gasteiger partial charge in [0.05, 0.1) is 0 Å². The highest BCUT2D eigenvalue weighted by Gasteiger charge is 2.16. The fourth-order valence-electron chi connectivity index (χ4n) is 1.07. The van der Waals surface area contributed by atoms with Crippen molar-refractivity contribution in [3.63, 3.8) is 0 Å². The average molecular weight is 148 g/mol. The van der Waals surface area contributed by atoms with E-state index in [0.717, 1.165) is 32.2 Å². The number of aldehydes is 1. The molecule has 1 aliphatic rings. The van der Waals surface area contributed by atoms with Gasteiger partial charge in [0.1, 0.15) is 6.29 Å². The first-order valence-electron chi connectivity index (χ1n) is 3.19. The van der Waals surface area contributed by atoms with Crippen molar-refractivity contribution in [1.29, 1.82) is 0 Å². The highest BCUT2D eigenvalue weighted by Crippen LogP contribution is 2.15. The van der Waals surface area contributed by atoms with Crippen LogP contribution >= 0.6 is 11.8 Å². The topological polar surface area (TPSA) is 20.3 Å². The van der Waals surface area contributed by atoms with E-state index in [1.54, 1.807) is 4.42 Å². The zero-order valence-corrected chi connectivity index (χ0v) is 5.97. The minimum Gasteiger partial charge on any atom is -0.303 e. The lowest BCUT2D eigenvalue weighted by molar-refractivity contribution is -0.112. The molecule has 52 valence electrons. The molecule has 1 atom stereocenters. The summed E-state index contributed by atoms with van der Waals surface area (Å²) in [5.74, 6) is 0.177. The van der Waals surface area contributed by atoms with Gasteiger partial charge in [-0.05, 0) is 24.6 Å². The monoisotopic (exact) mass is 147 g/mol. The lowest BCUT2D eigenvalue weighted by Gasteiger charge is -2.23. The standard InChI is InChI=1S/C6H10ClNO/c7-8-3-1-2-6(4-8)5-9/h5-6H,1-4H2. The third-order valence-corrected chi connectivity index (χ3v) is 1.91. The third-order valence-electron chi connectivity index (χ3n) is 1.60. The van der Waals surface area contributed by atoms with Crippen LogP contribution in [0.2, 0.25) is 0 Å². The maximum absolute atomic E-state index is 10.2. The van der Waals surface area contributed by atoms with Gasteiger partial charge in [-0.15, -0.1) is 0 Å². The van der Waals surface area contributed by atoms with Gasteiger partial charge in [0.2, 0.25) is 0 Å². The molecular weight excluding hydrogens is 138 g/mol. The van der Waals surface area contributed by atoms with E-state index in [4.69, 9.17) is 11.8 Å². The van der Waals surface area contributed by atoms with Crippen LogP contribution in [0.25, 0.3) is 0 Å². The van der Waals surface area contributed by atoms with Crippen LogP contribution in [0.5, 0.6) is 0 Å². The fourth-order valence-corrected chi connectivity index (χ4v) is 1.37. The number of halogens is 1. The van der Waals surface area contributed by atoms with Crippen LogP contribution < -0.4 is 0 Å². The van der Waals surface area contributed by atoms with E-state index in [-0.39, 0.29) is 5.92 Å².